The summed E-state index contributed by atoms with van der Waals surface area (Å²) in [6, 6.07) is 15.0. The van der Waals surface area contributed by atoms with Crippen LogP contribution in [0.5, 0.6) is 0 Å². The third-order valence-electron chi connectivity index (χ3n) is 3.88. The van der Waals surface area contributed by atoms with Gasteiger partial charge in [-0.05, 0) is 59.3 Å². The molecule has 0 radical (unpaired) electrons. The Labute approximate surface area is 148 Å². The molecule has 1 atom stereocenters. The highest BCUT2D eigenvalue weighted by Crippen LogP contribution is 2.37. The molecule has 0 fully saturated rings. The molecule has 3 heterocycles. The second-order valence-electron chi connectivity index (χ2n) is 5.50. The zero-order valence-electron chi connectivity index (χ0n) is 12.8. The third-order valence-corrected chi connectivity index (χ3v) is 5.69. The van der Waals surface area contributed by atoms with Gasteiger partial charge in [0.15, 0.2) is 0 Å². The summed E-state index contributed by atoms with van der Waals surface area (Å²) in [5.41, 5.74) is 1.94. The van der Waals surface area contributed by atoms with Gasteiger partial charge >= 0.3 is 0 Å². The monoisotopic (exact) mass is 354 g/mol. The molecule has 4 rings (SSSR count). The van der Waals surface area contributed by atoms with Crippen LogP contribution >= 0.6 is 22.7 Å². The van der Waals surface area contributed by atoms with Gasteiger partial charge in [-0.3, -0.25) is 5.01 Å². The van der Waals surface area contributed by atoms with Crippen LogP contribution < -0.4 is 5.01 Å². The maximum atomic E-state index is 13.2. The van der Waals surface area contributed by atoms with Gasteiger partial charge in [0.25, 0.3) is 0 Å². The molecule has 1 aromatic carbocycles. The Morgan fingerprint density at radius 3 is 2.50 bits per heavy atom. The lowest BCUT2D eigenvalue weighted by Gasteiger charge is -2.22. The fourth-order valence-corrected chi connectivity index (χ4v) is 4.16. The van der Waals surface area contributed by atoms with Gasteiger partial charge in [0, 0.05) is 16.2 Å². The number of nitrogens with zero attached hydrogens (tertiary/aromatic N) is 2. The molecule has 3 aromatic rings. The Morgan fingerprint density at radius 2 is 1.79 bits per heavy atom. The Balaban J connectivity index is 1.64. The minimum absolute atomic E-state index is 0.165. The van der Waals surface area contributed by atoms with Crippen LogP contribution in [0, 0.1) is 5.82 Å². The second-order valence-corrected chi connectivity index (χ2v) is 7.45. The van der Waals surface area contributed by atoms with Gasteiger partial charge in [-0.2, -0.15) is 5.10 Å². The summed E-state index contributed by atoms with van der Waals surface area (Å²) in [5.74, 6) is -0.229. The number of rotatable bonds is 4. The zero-order chi connectivity index (χ0) is 16.4. The van der Waals surface area contributed by atoms with Gasteiger partial charge in [0.05, 0.1) is 17.4 Å². The molecule has 0 aliphatic carbocycles. The Hall–Kier alpha value is -2.24. The molecular formula is C19H15FN2S2. The molecule has 2 nitrogen and oxygen atoms in total. The Morgan fingerprint density at radius 1 is 1.00 bits per heavy atom. The van der Waals surface area contributed by atoms with Gasteiger partial charge in [-0.15, -0.1) is 22.7 Å². The number of hydrogen-bond acceptors (Lipinski definition) is 4. The summed E-state index contributed by atoms with van der Waals surface area (Å²) in [4.78, 5) is 2.48. The van der Waals surface area contributed by atoms with E-state index in [0.29, 0.717) is 0 Å². The molecule has 0 spiro atoms. The highest BCUT2D eigenvalue weighted by molar-refractivity contribution is 7.10. The maximum absolute atomic E-state index is 13.2. The van der Waals surface area contributed by atoms with Crippen LogP contribution in [0.2, 0.25) is 0 Å². The molecule has 24 heavy (non-hydrogen) atoms. The Kier molecular flexibility index (Phi) is 4.28. The first kappa shape index (κ1) is 15.3. The van der Waals surface area contributed by atoms with Crippen LogP contribution in [0.25, 0.3) is 6.08 Å². The van der Waals surface area contributed by atoms with Gasteiger partial charge in [-0.1, -0.05) is 12.1 Å². The lowest BCUT2D eigenvalue weighted by Crippen LogP contribution is -2.17. The van der Waals surface area contributed by atoms with Gasteiger partial charge in [-0.25, -0.2) is 4.39 Å². The summed E-state index contributed by atoms with van der Waals surface area (Å²) < 4.78 is 13.2. The number of benzene rings is 1. The van der Waals surface area contributed by atoms with Gasteiger partial charge in [0.1, 0.15) is 5.82 Å². The first-order chi connectivity index (χ1) is 11.8. The van der Waals surface area contributed by atoms with Crippen molar-refractivity contribution in [1.82, 2.24) is 0 Å². The summed E-state index contributed by atoms with van der Waals surface area (Å²) >= 11 is 3.44. The van der Waals surface area contributed by atoms with E-state index in [9.17, 15) is 4.39 Å². The van der Waals surface area contributed by atoms with E-state index in [1.807, 2.05) is 11.1 Å². The SMILES string of the molecule is Fc1ccc(N2N=C(/C=C/c3cccs3)C[C@H]2c2cccs2)cc1. The molecule has 5 heteroatoms. The number of hydrogen-bond donors (Lipinski definition) is 0. The molecule has 0 saturated carbocycles. The lowest BCUT2D eigenvalue weighted by atomic mass is 10.1. The van der Waals surface area contributed by atoms with Gasteiger partial charge < -0.3 is 0 Å². The highest BCUT2D eigenvalue weighted by atomic mass is 32.1. The normalized spacial score (nSPS) is 17.6. The smallest absolute Gasteiger partial charge is 0.123 e. The first-order valence-electron chi connectivity index (χ1n) is 7.67. The van der Waals surface area contributed by atoms with E-state index in [-0.39, 0.29) is 11.9 Å². The van der Waals surface area contributed by atoms with Gasteiger partial charge in [0.2, 0.25) is 0 Å². The summed E-state index contributed by atoms with van der Waals surface area (Å²) in [7, 11) is 0. The van der Waals surface area contributed by atoms with E-state index in [1.165, 1.54) is 21.9 Å². The van der Waals surface area contributed by atoms with E-state index in [1.54, 1.807) is 34.8 Å². The maximum Gasteiger partial charge on any atom is 0.123 e. The minimum Gasteiger partial charge on any atom is -0.257 e. The van der Waals surface area contributed by atoms with Crippen molar-refractivity contribution in [2.75, 3.05) is 5.01 Å². The van der Waals surface area contributed by atoms with Crippen LogP contribution in [0.1, 0.15) is 22.2 Å². The molecule has 120 valence electrons. The second kappa shape index (κ2) is 6.71. The van der Waals surface area contributed by atoms with E-state index < -0.39 is 0 Å². The number of halogens is 1. The topological polar surface area (TPSA) is 15.6 Å². The van der Waals surface area contributed by atoms with Crippen molar-refractivity contribution in [3.8, 4) is 0 Å². The molecule has 0 N–H and O–H groups in total. The summed E-state index contributed by atoms with van der Waals surface area (Å²) in [6.45, 7) is 0. The van der Waals surface area contributed by atoms with E-state index in [4.69, 9.17) is 5.10 Å². The number of hydrazone groups is 1. The standard InChI is InChI=1S/C19H15FN2S2/c20-14-5-8-16(9-6-14)22-18(19-4-2-12-24-19)13-15(21-22)7-10-17-3-1-11-23-17/h1-12,18H,13H2/b10-7+/t18-/m0/s1. The predicted octanol–water partition coefficient (Wildman–Crippen LogP) is 5.97. The third kappa shape index (κ3) is 3.18. The van der Waals surface area contributed by atoms with Crippen molar-refractivity contribution < 1.29 is 4.39 Å². The van der Waals surface area contributed by atoms with E-state index in [0.717, 1.165) is 17.8 Å². The average Bonchev–Trinajstić information content (AvgIpc) is 3.34. The summed E-state index contributed by atoms with van der Waals surface area (Å²) in [6.07, 6.45) is 5.03. The van der Waals surface area contributed by atoms with Crippen LogP contribution in [-0.2, 0) is 0 Å². The molecule has 2 aromatic heterocycles. The number of allylic oxidation sites excluding steroid dienone is 1. The zero-order valence-corrected chi connectivity index (χ0v) is 14.4. The molecular weight excluding hydrogens is 339 g/mol. The van der Waals surface area contributed by atoms with E-state index in [2.05, 4.69) is 41.1 Å². The van der Waals surface area contributed by atoms with E-state index >= 15 is 0 Å². The summed E-state index contributed by atoms with van der Waals surface area (Å²) in [5, 5.41) is 10.9. The molecule has 0 saturated heterocycles. The van der Waals surface area contributed by atoms with Crippen molar-refractivity contribution in [3.05, 3.63) is 80.9 Å². The van der Waals surface area contributed by atoms with Crippen molar-refractivity contribution in [1.29, 1.82) is 0 Å². The van der Waals surface area contributed by atoms with Crippen molar-refractivity contribution in [2.24, 2.45) is 5.10 Å². The van der Waals surface area contributed by atoms with Crippen molar-refractivity contribution in [2.45, 2.75) is 12.5 Å². The molecule has 0 unspecified atom stereocenters. The number of thiophene rings is 2. The molecule has 1 aliphatic heterocycles. The quantitative estimate of drug-likeness (QED) is 0.563. The fourth-order valence-electron chi connectivity index (χ4n) is 2.73. The van der Waals surface area contributed by atoms with Crippen LogP contribution in [0.15, 0.2) is 70.5 Å². The molecule has 0 amide bonds. The van der Waals surface area contributed by atoms with Crippen LogP contribution in [0.4, 0.5) is 10.1 Å². The van der Waals surface area contributed by atoms with Crippen molar-refractivity contribution >= 4 is 40.1 Å². The molecule has 1 aliphatic rings. The number of anilines is 1. The van der Waals surface area contributed by atoms with Crippen LogP contribution in [0.3, 0.4) is 0 Å². The van der Waals surface area contributed by atoms with Crippen molar-refractivity contribution in [3.63, 3.8) is 0 Å². The molecule has 0 bridgehead atoms. The average molecular weight is 354 g/mol. The van der Waals surface area contributed by atoms with Crippen LogP contribution in [-0.4, -0.2) is 5.71 Å². The minimum atomic E-state index is -0.229. The predicted molar refractivity (Wildman–Crippen MR) is 101 cm³/mol. The fraction of sp³-hybridized carbons (Fsp3) is 0.105. The first-order valence-corrected chi connectivity index (χ1v) is 9.43. The Bertz CT molecular complexity index is 849. The highest BCUT2D eigenvalue weighted by Gasteiger charge is 2.28. The largest absolute Gasteiger partial charge is 0.257 e. The lowest BCUT2D eigenvalue weighted by molar-refractivity contribution is 0.626.